The number of fused-ring (bicyclic) bond motifs is 2. The summed E-state index contributed by atoms with van der Waals surface area (Å²) >= 11 is 0. The van der Waals surface area contributed by atoms with E-state index < -0.39 is 12.2 Å². The highest BCUT2D eigenvalue weighted by Crippen LogP contribution is 2.31. The number of ether oxygens (including phenoxy) is 2. The molecule has 4 aromatic rings. The molecular formula is C25H26FN5O2. The van der Waals surface area contributed by atoms with Crippen LogP contribution >= 0.6 is 0 Å². The summed E-state index contributed by atoms with van der Waals surface area (Å²) in [6, 6.07) is 13.6. The number of anilines is 1. The van der Waals surface area contributed by atoms with Crippen LogP contribution in [-0.2, 0) is 4.74 Å². The molecule has 2 saturated heterocycles. The van der Waals surface area contributed by atoms with E-state index in [0.29, 0.717) is 13.0 Å². The van der Waals surface area contributed by atoms with Gasteiger partial charge in [-0.15, -0.1) is 0 Å². The zero-order valence-electron chi connectivity index (χ0n) is 18.2. The van der Waals surface area contributed by atoms with Crippen LogP contribution in [0.15, 0.2) is 54.9 Å². The molecule has 3 atom stereocenters. The van der Waals surface area contributed by atoms with E-state index in [1.165, 1.54) is 0 Å². The Kier molecular flexibility index (Phi) is 5.11. The SMILES string of the molecule is NC1CCN(c2cccc3ccc(-c4cnc5cc(O[C@H]6CCOC6)ccn45)nc23)CC1F. The van der Waals surface area contributed by atoms with E-state index in [1.54, 1.807) is 0 Å². The number of imidazole rings is 1. The molecule has 2 unspecified atom stereocenters. The lowest BCUT2D eigenvalue weighted by Crippen LogP contribution is -2.48. The van der Waals surface area contributed by atoms with Crippen molar-refractivity contribution in [3.8, 4) is 17.1 Å². The van der Waals surface area contributed by atoms with Gasteiger partial charge in [-0.3, -0.25) is 4.40 Å². The van der Waals surface area contributed by atoms with Crippen LogP contribution in [0.5, 0.6) is 5.75 Å². The minimum absolute atomic E-state index is 0.0933. The van der Waals surface area contributed by atoms with Gasteiger partial charge in [-0.2, -0.15) is 0 Å². The third-order valence-corrected chi connectivity index (χ3v) is 6.57. The van der Waals surface area contributed by atoms with Crippen LogP contribution in [0.4, 0.5) is 10.1 Å². The number of nitrogens with two attached hydrogens (primary N) is 1. The van der Waals surface area contributed by atoms with Gasteiger partial charge in [-0.25, -0.2) is 14.4 Å². The van der Waals surface area contributed by atoms with Gasteiger partial charge >= 0.3 is 0 Å². The molecule has 7 nitrogen and oxygen atoms in total. The van der Waals surface area contributed by atoms with Gasteiger partial charge in [0.25, 0.3) is 0 Å². The molecule has 0 bridgehead atoms. The van der Waals surface area contributed by atoms with E-state index in [4.69, 9.17) is 20.2 Å². The summed E-state index contributed by atoms with van der Waals surface area (Å²) in [5.74, 6) is 0.785. The largest absolute Gasteiger partial charge is 0.488 e. The maximum Gasteiger partial charge on any atom is 0.140 e. The molecule has 8 heteroatoms. The van der Waals surface area contributed by atoms with Gasteiger partial charge in [0.15, 0.2) is 0 Å². The minimum atomic E-state index is -1.04. The minimum Gasteiger partial charge on any atom is -0.488 e. The monoisotopic (exact) mass is 447 g/mol. The van der Waals surface area contributed by atoms with Crippen molar-refractivity contribution < 1.29 is 13.9 Å². The second-order valence-corrected chi connectivity index (χ2v) is 8.80. The van der Waals surface area contributed by atoms with Crippen LogP contribution in [0.3, 0.4) is 0 Å². The first-order valence-electron chi connectivity index (χ1n) is 11.4. The summed E-state index contributed by atoms with van der Waals surface area (Å²) in [5.41, 5.74) is 10.2. The van der Waals surface area contributed by atoms with E-state index in [0.717, 1.165) is 58.9 Å². The van der Waals surface area contributed by atoms with Crippen molar-refractivity contribution in [1.29, 1.82) is 0 Å². The zero-order chi connectivity index (χ0) is 22.4. The standard InChI is InChI=1S/C25H26FN5O2/c26-19-14-30(9-7-20(19)27)22-3-1-2-16-4-5-21(29-25(16)22)23-13-28-24-12-17(6-10-31(23)24)33-18-8-11-32-15-18/h1-6,10,12-13,18-20H,7-9,11,14-15,27H2/t18-,19?,20?/m0/s1. The Balaban J connectivity index is 1.35. The fourth-order valence-corrected chi connectivity index (χ4v) is 4.69. The lowest BCUT2D eigenvalue weighted by molar-refractivity contribution is 0.141. The highest BCUT2D eigenvalue weighted by Gasteiger charge is 2.27. The second-order valence-electron chi connectivity index (χ2n) is 8.80. The van der Waals surface area contributed by atoms with Gasteiger partial charge < -0.3 is 20.1 Å². The Morgan fingerprint density at radius 3 is 2.94 bits per heavy atom. The number of halogens is 1. The van der Waals surface area contributed by atoms with Crippen molar-refractivity contribution in [2.24, 2.45) is 5.73 Å². The smallest absolute Gasteiger partial charge is 0.140 e. The van der Waals surface area contributed by atoms with Gasteiger partial charge in [0.1, 0.15) is 23.7 Å². The average Bonchev–Trinajstić information content (AvgIpc) is 3.50. The third kappa shape index (κ3) is 3.79. The summed E-state index contributed by atoms with van der Waals surface area (Å²) in [5, 5.41) is 1.02. The Labute approximate surface area is 190 Å². The van der Waals surface area contributed by atoms with Crippen molar-refractivity contribution in [2.45, 2.75) is 31.2 Å². The van der Waals surface area contributed by atoms with Crippen molar-refractivity contribution in [3.63, 3.8) is 0 Å². The zero-order valence-corrected chi connectivity index (χ0v) is 18.2. The van der Waals surface area contributed by atoms with Gasteiger partial charge in [0.05, 0.1) is 48.5 Å². The van der Waals surface area contributed by atoms with Crippen LogP contribution < -0.4 is 15.4 Å². The number of para-hydroxylation sites is 1. The number of nitrogens with zero attached hydrogens (tertiary/aromatic N) is 4. The summed E-state index contributed by atoms with van der Waals surface area (Å²) in [7, 11) is 0. The summed E-state index contributed by atoms with van der Waals surface area (Å²) in [4.78, 5) is 11.6. The van der Waals surface area contributed by atoms with Gasteiger partial charge in [-0.1, -0.05) is 18.2 Å². The van der Waals surface area contributed by atoms with Crippen molar-refractivity contribution >= 4 is 22.2 Å². The number of aromatic nitrogens is 3. The average molecular weight is 448 g/mol. The lowest BCUT2D eigenvalue weighted by atomic mass is 10.0. The Morgan fingerprint density at radius 2 is 2.09 bits per heavy atom. The lowest BCUT2D eigenvalue weighted by Gasteiger charge is -2.34. The highest BCUT2D eigenvalue weighted by molar-refractivity contribution is 5.92. The molecule has 170 valence electrons. The number of hydrogen-bond donors (Lipinski definition) is 1. The molecule has 33 heavy (non-hydrogen) atoms. The quantitative estimate of drug-likeness (QED) is 0.515. The maximum atomic E-state index is 14.3. The number of pyridine rings is 2. The van der Waals surface area contributed by atoms with Gasteiger partial charge in [0, 0.05) is 36.7 Å². The molecule has 2 N–H and O–H groups in total. The molecule has 3 aromatic heterocycles. The first-order chi connectivity index (χ1) is 16.2. The molecule has 5 heterocycles. The highest BCUT2D eigenvalue weighted by atomic mass is 19.1. The number of alkyl halides is 1. The molecule has 2 aliphatic rings. The maximum absolute atomic E-state index is 14.3. The molecule has 2 fully saturated rings. The first kappa shape index (κ1) is 20.4. The van der Waals surface area contributed by atoms with E-state index >= 15 is 0 Å². The van der Waals surface area contributed by atoms with Crippen LogP contribution in [0.1, 0.15) is 12.8 Å². The van der Waals surface area contributed by atoms with Crippen LogP contribution in [-0.4, -0.2) is 59.0 Å². The van der Waals surface area contributed by atoms with E-state index in [-0.39, 0.29) is 12.6 Å². The molecule has 0 spiro atoms. The number of hydrogen-bond acceptors (Lipinski definition) is 6. The van der Waals surface area contributed by atoms with Crippen molar-refractivity contribution in [3.05, 3.63) is 54.9 Å². The first-order valence-corrected chi connectivity index (χ1v) is 11.4. The Morgan fingerprint density at radius 1 is 1.15 bits per heavy atom. The normalized spacial score (nSPS) is 23.5. The molecule has 0 aliphatic carbocycles. The number of piperidine rings is 1. The topological polar surface area (TPSA) is 77.9 Å². The van der Waals surface area contributed by atoms with Crippen LogP contribution in [0, 0.1) is 0 Å². The summed E-state index contributed by atoms with van der Waals surface area (Å²) < 4.78 is 27.8. The Bertz CT molecular complexity index is 1300. The number of rotatable bonds is 4. The summed E-state index contributed by atoms with van der Waals surface area (Å²) in [6.45, 7) is 2.38. The predicted molar refractivity (Wildman–Crippen MR) is 125 cm³/mol. The summed E-state index contributed by atoms with van der Waals surface area (Å²) in [6.07, 6.45) is 4.37. The Hall–Kier alpha value is -3.23. The fraction of sp³-hybridized carbons (Fsp3) is 0.360. The number of benzene rings is 1. The van der Waals surface area contributed by atoms with Crippen LogP contribution in [0.25, 0.3) is 27.9 Å². The van der Waals surface area contributed by atoms with E-state index in [2.05, 4.69) is 16.0 Å². The second kappa shape index (κ2) is 8.28. The van der Waals surface area contributed by atoms with E-state index in [1.807, 2.05) is 53.2 Å². The van der Waals surface area contributed by atoms with E-state index in [9.17, 15) is 4.39 Å². The molecule has 6 rings (SSSR count). The molecule has 2 aliphatic heterocycles. The molecule has 0 amide bonds. The fourth-order valence-electron chi connectivity index (χ4n) is 4.69. The molecule has 1 aromatic carbocycles. The molecular weight excluding hydrogens is 421 g/mol. The predicted octanol–water partition coefficient (Wildman–Crippen LogP) is 3.59. The third-order valence-electron chi connectivity index (χ3n) is 6.57. The molecule has 0 radical (unpaired) electrons. The molecule has 0 saturated carbocycles. The van der Waals surface area contributed by atoms with Crippen LogP contribution in [0.2, 0.25) is 0 Å². The van der Waals surface area contributed by atoms with Crippen molar-refractivity contribution in [2.75, 3.05) is 31.2 Å². The van der Waals surface area contributed by atoms with Gasteiger partial charge in [-0.05, 0) is 24.6 Å². The van der Waals surface area contributed by atoms with Gasteiger partial charge in [0.2, 0.25) is 0 Å². The van der Waals surface area contributed by atoms with Crippen molar-refractivity contribution in [1.82, 2.24) is 14.4 Å².